The van der Waals surface area contributed by atoms with Gasteiger partial charge in [0.1, 0.15) is 11.6 Å². The molecule has 2 heterocycles. The van der Waals surface area contributed by atoms with Gasteiger partial charge in [-0.1, -0.05) is 18.2 Å². The Labute approximate surface area is 136 Å². The highest BCUT2D eigenvalue weighted by molar-refractivity contribution is 5.87. The first-order chi connectivity index (χ1) is 11.4. The number of fused-ring (bicyclic) bond motifs is 1. The van der Waals surface area contributed by atoms with Gasteiger partial charge in [0.15, 0.2) is 0 Å². The summed E-state index contributed by atoms with van der Waals surface area (Å²) in [5.41, 5.74) is 2.41. The van der Waals surface area contributed by atoms with Crippen molar-refractivity contribution in [1.82, 2.24) is 9.88 Å². The summed E-state index contributed by atoms with van der Waals surface area (Å²) >= 11 is 0. The molecule has 3 aromatic rings. The van der Waals surface area contributed by atoms with Gasteiger partial charge in [-0.15, -0.1) is 0 Å². The summed E-state index contributed by atoms with van der Waals surface area (Å²) in [4.78, 5) is 2.46. The van der Waals surface area contributed by atoms with Crippen LogP contribution in [-0.4, -0.2) is 37.9 Å². The van der Waals surface area contributed by atoms with Gasteiger partial charge in [-0.05, 0) is 36.4 Å². The molecular formula is C19H21N3O. The second-order valence-corrected chi connectivity index (χ2v) is 5.83. The van der Waals surface area contributed by atoms with Crippen LogP contribution in [0.25, 0.3) is 16.6 Å². The zero-order chi connectivity index (χ0) is 15.6. The van der Waals surface area contributed by atoms with E-state index in [4.69, 9.17) is 4.74 Å². The van der Waals surface area contributed by atoms with Crippen molar-refractivity contribution in [3.63, 3.8) is 0 Å². The lowest BCUT2D eigenvalue weighted by atomic mass is 10.2. The molecule has 0 saturated carbocycles. The summed E-state index contributed by atoms with van der Waals surface area (Å²) in [5.74, 6) is 2.15. The minimum atomic E-state index is 0.883. The lowest BCUT2D eigenvalue weighted by Gasteiger charge is -2.30. The number of para-hydroxylation sites is 1. The number of ether oxygens (including phenoxy) is 1. The van der Waals surface area contributed by atoms with Crippen molar-refractivity contribution in [2.24, 2.45) is 0 Å². The van der Waals surface area contributed by atoms with Crippen LogP contribution in [0, 0.1) is 0 Å². The van der Waals surface area contributed by atoms with Crippen LogP contribution in [-0.2, 0) is 0 Å². The number of hydrogen-bond acceptors (Lipinski definition) is 3. The van der Waals surface area contributed by atoms with E-state index >= 15 is 0 Å². The number of nitrogens with one attached hydrogen (secondary N) is 1. The van der Waals surface area contributed by atoms with E-state index in [2.05, 4.69) is 57.2 Å². The number of piperazine rings is 1. The third-order valence-corrected chi connectivity index (χ3v) is 4.46. The van der Waals surface area contributed by atoms with Gasteiger partial charge in [0.05, 0.1) is 12.6 Å². The first kappa shape index (κ1) is 14.2. The Morgan fingerprint density at radius 2 is 1.70 bits per heavy atom. The molecule has 1 aliphatic heterocycles. The van der Waals surface area contributed by atoms with Gasteiger partial charge in [-0.2, -0.15) is 0 Å². The number of anilines is 1. The second kappa shape index (κ2) is 5.97. The Morgan fingerprint density at radius 3 is 2.43 bits per heavy atom. The van der Waals surface area contributed by atoms with E-state index in [0.717, 1.165) is 31.9 Å². The molecule has 4 nitrogen and oxygen atoms in total. The van der Waals surface area contributed by atoms with Crippen LogP contribution in [0.2, 0.25) is 0 Å². The minimum absolute atomic E-state index is 0.883. The average molecular weight is 307 g/mol. The topological polar surface area (TPSA) is 29.4 Å². The fourth-order valence-corrected chi connectivity index (χ4v) is 3.27. The molecule has 0 aliphatic carbocycles. The molecule has 2 aromatic carbocycles. The van der Waals surface area contributed by atoms with Crippen molar-refractivity contribution >= 4 is 16.7 Å². The Morgan fingerprint density at radius 1 is 0.957 bits per heavy atom. The molecular weight excluding hydrogens is 286 g/mol. The van der Waals surface area contributed by atoms with Crippen LogP contribution in [0.3, 0.4) is 0 Å². The zero-order valence-electron chi connectivity index (χ0n) is 13.3. The van der Waals surface area contributed by atoms with E-state index in [1.807, 2.05) is 12.1 Å². The minimum Gasteiger partial charge on any atom is -0.497 e. The van der Waals surface area contributed by atoms with Crippen LogP contribution >= 0.6 is 0 Å². The maximum Gasteiger partial charge on any atom is 0.119 e. The van der Waals surface area contributed by atoms with Gasteiger partial charge in [0.25, 0.3) is 0 Å². The Balaban J connectivity index is 1.87. The normalized spacial score (nSPS) is 15.1. The third kappa shape index (κ3) is 2.55. The number of methoxy groups -OCH3 is 1. The van der Waals surface area contributed by atoms with Gasteiger partial charge in [-0.25, -0.2) is 0 Å². The summed E-state index contributed by atoms with van der Waals surface area (Å²) in [6.45, 7) is 4.13. The number of aromatic nitrogens is 1. The standard InChI is InChI=1S/C19H21N3O/c1-23-17-8-6-16(7-9-17)22-18-5-3-2-4-15(18)14-19(22)21-12-10-20-11-13-21/h2-9,14,20H,10-13H2,1H3. The number of rotatable bonds is 3. The highest BCUT2D eigenvalue weighted by Crippen LogP contribution is 2.31. The third-order valence-electron chi connectivity index (χ3n) is 4.46. The van der Waals surface area contributed by atoms with Crippen molar-refractivity contribution in [2.75, 3.05) is 38.2 Å². The summed E-state index contributed by atoms with van der Waals surface area (Å²) in [7, 11) is 1.70. The van der Waals surface area contributed by atoms with Gasteiger partial charge < -0.3 is 15.0 Å². The molecule has 0 bridgehead atoms. The van der Waals surface area contributed by atoms with Crippen molar-refractivity contribution in [3.05, 3.63) is 54.6 Å². The van der Waals surface area contributed by atoms with Gasteiger partial charge in [-0.3, -0.25) is 4.57 Å². The molecule has 1 saturated heterocycles. The summed E-state index contributed by atoms with van der Waals surface area (Å²) in [6.07, 6.45) is 0. The van der Waals surface area contributed by atoms with Crippen LogP contribution in [0.1, 0.15) is 0 Å². The van der Waals surface area contributed by atoms with Crippen LogP contribution in [0.5, 0.6) is 5.75 Å². The summed E-state index contributed by atoms with van der Waals surface area (Å²) in [6, 6.07) is 19.1. The highest BCUT2D eigenvalue weighted by atomic mass is 16.5. The fourth-order valence-electron chi connectivity index (χ4n) is 3.27. The maximum absolute atomic E-state index is 5.29. The van der Waals surface area contributed by atoms with Crippen LogP contribution in [0.15, 0.2) is 54.6 Å². The van der Waals surface area contributed by atoms with Crippen molar-refractivity contribution < 1.29 is 4.74 Å². The van der Waals surface area contributed by atoms with E-state index in [1.54, 1.807) is 7.11 Å². The lowest BCUT2D eigenvalue weighted by Crippen LogP contribution is -2.44. The SMILES string of the molecule is COc1ccc(-n2c(N3CCNCC3)cc3ccccc32)cc1. The molecule has 1 fully saturated rings. The summed E-state index contributed by atoms with van der Waals surface area (Å²) < 4.78 is 7.64. The van der Waals surface area contributed by atoms with Crippen molar-refractivity contribution in [1.29, 1.82) is 0 Å². The van der Waals surface area contributed by atoms with Gasteiger partial charge in [0, 0.05) is 37.3 Å². The molecule has 1 aliphatic rings. The molecule has 23 heavy (non-hydrogen) atoms. The van der Waals surface area contributed by atoms with Crippen molar-refractivity contribution in [2.45, 2.75) is 0 Å². The van der Waals surface area contributed by atoms with E-state index < -0.39 is 0 Å². The molecule has 0 atom stereocenters. The summed E-state index contributed by atoms with van der Waals surface area (Å²) in [5, 5.41) is 4.70. The van der Waals surface area contributed by atoms with E-state index in [-0.39, 0.29) is 0 Å². The van der Waals surface area contributed by atoms with E-state index in [9.17, 15) is 0 Å². The highest BCUT2D eigenvalue weighted by Gasteiger charge is 2.18. The number of benzene rings is 2. The van der Waals surface area contributed by atoms with Crippen LogP contribution < -0.4 is 15.0 Å². The molecule has 4 heteroatoms. The Bertz CT molecular complexity index is 801. The van der Waals surface area contributed by atoms with E-state index in [1.165, 1.54) is 22.4 Å². The Kier molecular flexibility index (Phi) is 3.67. The monoisotopic (exact) mass is 307 g/mol. The lowest BCUT2D eigenvalue weighted by molar-refractivity contribution is 0.415. The molecule has 1 N–H and O–H groups in total. The van der Waals surface area contributed by atoms with Gasteiger partial charge in [0.2, 0.25) is 0 Å². The number of hydrogen-bond donors (Lipinski definition) is 1. The molecule has 0 radical (unpaired) electrons. The second-order valence-electron chi connectivity index (χ2n) is 5.83. The van der Waals surface area contributed by atoms with E-state index in [0.29, 0.717) is 0 Å². The predicted octanol–water partition coefficient (Wildman–Crippen LogP) is 3.05. The fraction of sp³-hybridized carbons (Fsp3) is 0.263. The van der Waals surface area contributed by atoms with Crippen LogP contribution in [0.4, 0.5) is 5.82 Å². The van der Waals surface area contributed by atoms with Gasteiger partial charge >= 0.3 is 0 Å². The molecule has 118 valence electrons. The average Bonchev–Trinajstić information content (AvgIpc) is 3.02. The molecule has 0 unspecified atom stereocenters. The molecule has 4 rings (SSSR count). The zero-order valence-corrected chi connectivity index (χ0v) is 13.3. The maximum atomic E-state index is 5.29. The smallest absolute Gasteiger partial charge is 0.119 e. The molecule has 0 spiro atoms. The first-order valence-electron chi connectivity index (χ1n) is 8.07. The molecule has 0 amide bonds. The largest absolute Gasteiger partial charge is 0.497 e. The van der Waals surface area contributed by atoms with Crippen molar-refractivity contribution in [3.8, 4) is 11.4 Å². The molecule has 1 aromatic heterocycles. The predicted molar refractivity (Wildman–Crippen MR) is 94.9 cm³/mol. The Hall–Kier alpha value is -2.46. The quantitative estimate of drug-likeness (QED) is 0.806. The number of nitrogens with zero attached hydrogens (tertiary/aromatic N) is 2. The first-order valence-corrected chi connectivity index (χ1v) is 8.07.